The van der Waals surface area contributed by atoms with Gasteiger partial charge in [-0.25, -0.2) is 13.4 Å². The molecule has 9 heteroatoms. The normalized spacial score (nSPS) is 14.6. The van der Waals surface area contributed by atoms with Crippen LogP contribution in [0.5, 0.6) is 5.88 Å². The molecule has 0 radical (unpaired) electrons. The van der Waals surface area contributed by atoms with Crippen LogP contribution in [0.25, 0.3) is 11.1 Å². The van der Waals surface area contributed by atoms with Gasteiger partial charge in [0.05, 0.1) is 16.1 Å². The highest BCUT2D eigenvalue weighted by atomic mass is 32.2. The third kappa shape index (κ3) is 5.43. The zero-order valence-electron chi connectivity index (χ0n) is 15.0. The molecule has 2 aromatic rings. The van der Waals surface area contributed by atoms with Gasteiger partial charge < -0.3 is 9.84 Å². The largest absolute Gasteiger partial charge is 0.474 e. The molecule has 0 bridgehead atoms. The fourth-order valence-electron chi connectivity index (χ4n) is 2.14. The molecular weight excluding hydrogens is 383 g/mol. The third-order valence-electron chi connectivity index (χ3n) is 4.05. The predicted molar refractivity (Wildman–Crippen MR) is 94.2 cm³/mol. The first-order valence-corrected chi connectivity index (χ1v) is 9.95. The summed E-state index contributed by atoms with van der Waals surface area (Å²) in [5, 5.41) is 10.1. The van der Waals surface area contributed by atoms with Crippen LogP contribution in [0, 0.1) is 0 Å². The summed E-state index contributed by atoms with van der Waals surface area (Å²) in [6.07, 6.45) is -2.52. The van der Waals surface area contributed by atoms with Crippen molar-refractivity contribution in [1.82, 2.24) is 4.98 Å². The highest BCUT2D eigenvalue weighted by Gasteiger charge is 2.32. The zero-order chi connectivity index (χ0) is 20.5. The predicted octanol–water partition coefficient (Wildman–Crippen LogP) is 3.71. The third-order valence-corrected chi connectivity index (χ3v) is 5.18. The maximum absolute atomic E-state index is 13.1. The van der Waals surface area contributed by atoms with Gasteiger partial charge in [0.25, 0.3) is 0 Å². The van der Waals surface area contributed by atoms with E-state index in [0.717, 1.165) is 12.3 Å². The number of hydrogen-bond donors (Lipinski definition) is 1. The first-order chi connectivity index (χ1) is 12.3. The number of hydrogen-bond acceptors (Lipinski definition) is 5. The van der Waals surface area contributed by atoms with Crippen LogP contribution in [0.1, 0.15) is 25.8 Å². The number of pyridine rings is 1. The second-order valence-corrected chi connectivity index (χ2v) is 8.53. The van der Waals surface area contributed by atoms with Crippen molar-refractivity contribution in [3.8, 4) is 17.0 Å². The smallest absolute Gasteiger partial charge is 0.417 e. The number of aromatic nitrogens is 1. The maximum atomic E-state index is 13.1. The molecule has 0 spiro atoms. The molecule has 27 heavy (non-hydrogen) atoms. The zero-order valence-corrected chi connectivity index (χ0v) is 15.9. The number of alkyl halides is 3. The van der Waals surface area contributed by atoms with Crippen molar-refractivity contribution in [3.05, 3.63) is 42.1 Å². The summed E-state index contributed by atoms with van der Waals surface area (Å²) >= 11 is 0. The van der Waals surface area contributed by atoms with Crippen molar-refractivity contribution in [2.24, 2.45) is 0 Å². The van der Waals surface area contributed by atoms with Gasteiger partial charge in [0.1, 0.15) is 6.61 Å². The molecule has 0 aliphatic heterocycles. The molecule has 0 aliphatic rings. The van der Waals surface area contributed by atoms with Gasteiger partial charge >= 0.3 is 6.18 Å². The maximum Gasteiger partial charge on any atom is 0.417 e. The Morgan fingerprint density at radius 2 is 1.78 bits per heavy atom. The Kier molecular flexibility index (Phi) is 5.86. The Hall–Kier alpha value is -2.13. The van der Waals surface area contributed by atoms with E-state index in [-0.39, 0.29) is 22.9 Å². The van der Waals surface area contributed by atoms with E-state index in [0.29, 0.717) is 18.2 Å². The van der Waals surface area contributed by atoms with Gasteiger partial charge in [-0.2, -0.15) is 13.2 Å². The minimum absolute atomic E-state index is 0.0440. The quantitative estimate of drug-likeness (QED) is 0.796. The molecular formula is C18H20F3NO4S. The molecule has 0 saturated carbocycles. The Bertz CT molecular complexity index is 907. The second kappa shape index (κ2) is 7.47. The molecule has 0 fully saturated rings. The topological polar surface area (TPSA) is 76.5 Å². The highest BCUT2D eigenvalue weighted by Crippen LogP contribution is 2.36. The van der Waals surface area contributed by atoms with E-state index < -0.39 is 27.2 Å². The summed E-state index contributed by atoms with van der Waals surface area (Å²) in [5.74, 6) is -0.0798. The van der Waals surface area contributed by atoms with E-state index in [2.05, 4.69) is 4.98 Å². The molecule has 0 aliphatic carbocycles. The monoisotopic (exact) mass is 403 g/mol. The van der Waals surface area contributed by atoms with Gasteiger partial charge in [-0.3, -0.25) is 0 Å². The van der Waals surface area contributed by atoms with Crippen LogP contribution >= 0.6 is 0 Å². The number of ether oxygens (including phenoxy) is 1. The van der Waals surface area contributed by atoms with Crippen molar-refractivity contribution in [2.75, 3.05) is 12.9 Å². The van der Waals surface area contributed by atoms with Crippen LogP contribution < -0.4 is 4.74 Å². The number of halogens is 3. The number of aliphatic hydroxyl groups is 1. The van der Waals surface area contributed by atoms with E-state index in [9.17, 15) is 26.7 Å². The highest BCUT2D eigenvalue weighted by molar-refractivity contribution is 7.90. The van der Waals surface area contributed by atoms with Crippen LogP contribution in [-0.4, -0.2) is 37.0 Å². The van der Waals surface area contributed by atoms with Crippen molar-refractivity contribution < 1.29 is 31.4 Å². The van der Waals surface area contributed by atoms with Gasteiger partial charge in [0, 0.05) is 18.0 Å². The minimum Gasteiger partial charge on any atom is -0.474 e. The summed E-state index contributed by atoms with van der Waals surface area (Å²) in [7, 11) is -3.44. The van der Waals surface area contributed by atoms with Crippen molar-refractivity contribution >= 4 is 9.84 Å². The van der Waals surface area contributed by atoms with E-state index in [1.165, 1.54) is 31.2 Å². The van der Waals surface area contributed by atoms with Crippen LogP contribution in [0.3, 0.4) is 0 Å². The fraction of sp³-hybridized carbons (Fsp3) is 0.389. The van der Waals surface area contributed by atoms with Crippen molar-refractivity contribution in [1.29, 1.82) is 0 Å². The molecule has 1 aromatic carbocycles. The molecule has 1 unspecified atom stereocenters. The SMILES string of the molecule is CCC(C)(O)COc1ncc(C(F)(F)F)cc1-c1ccc(S(C)(=O)=O)cc1. The van der Waals surface area contributed by atoms with E-state index >= 15 is 0 Å². The number of nitrogens with zero attached hydrogens (tertiary/aromatic N) is 1. The lowest BCUT2D eigenvalue weighted by molar-refractivity contribution is -0.137. The van der Waals surface area contributed by atoms with Crippen molar-refractivity contribution in [3.63, 3.8) is 0 Å². The van der Waals surface area contributed by atoms with E-state index in [1.54, 1.807) is 6.92 Å². The first kappa shape index (κ1) is 21.2. The second-order valence-electron chi connectivity index (χ2n) is 6.51. The summed E-state index contributed by atoms with van der Waals surface area (Å²) < 4.78 is 67.8. The lowest BCUT2D eigenvalue weighted by Gasteiger charge is -2.22. The molecule has 148 valence electrons. The Morgan fingerprint density at radius 3 is 2.26 bits per heavy atom. The van der Waals surface area contributed by atoms with Gasteiger partial charge in [-0.05, 0) is 37.1 Å². The number of benzene rings is 1. The summed E-state index contributed by atoms with van der Waals surface area (Å²) in [6.45, 7) is 3.13. The lowest BCUT2D eigenvalue weighted by Crippen LogP contribution is -2.31. The number of rotatable bonds is 6. The van der Waals surface area contributed by atoms with Gasteiger partial charge in [0.2, 0.25) is 5.88 Å². The van der Waals surface area contributed by atoms with Gasteiger partial charge in [0.15, 0.2) is 9.84 Å². The van der Waals surface area contributed by atoms with Crippen LogP contribution in [0.4, 0.5) is 13.2 Å². The van der Waals surface area contributed by atoms with Gasteiger partial charge in [-0.15, -0.1) is 0 Å². The standard InChI is InChI=1S/C18H20F3NO4S/c1-4-17(2,23)11-26-16-15(9-13(10-22-16)18(19,20)21)12-5-7-14(8-6-12)27(3,24)25/h5-10,23H,4,11H2,1-3H3. The van der Waals surface area contributed by atoms with Crippen LogP contribution in [-0.2, 0) is 16.0 Å². The summed E-state index contributed by atoms with van der Waals surface area (Å²) in [4.78, 5) is 3.80. The molecule has 1 N–H and O–H groups in total. The molecule has 0 saturated heterocycles. The Balaban J connectivity index is 2.50. The van der Waals surface area contributed by atoms with E-state index in [1.807, 2.05) is 0 Å². The Labute approximate surface area is 155 Å². The van der Waals surface area contributed by atoms with Crippen LogP contribution in [0.15, 0.2) is 41.4 Å². The average Bonchev–Trinajstić information content (AvgIpc) is 2.58. The molecule has 5 nitrogen and oxygen atoms in total. The Morgan fingerprint density at radius 1 is 1.19 bits per heavy atom. The average molecular weight is 403 g/mol. The summed E-state index contributed by atoms with van der Waals surface area (Å²) in [5.41, 5.74) is -1.76. The molecule has 1 aromatic heterocycles. The minimum atomic E-state index is -4.60. The molecule has 1 heterocycles. The van der Waals surface area contributed by atoms with E-state index in [4.69, 9.17) is 4.74 Å². The molecule has 0 amide bonds. The molecule has 2 rings (SSSR count). The first-order valence-electron chi connectivity index (χ1n) is 8.06. The van der Waals surface area contributed by atoms with Crippen molar-refractivity contribution in [2.45, 2.75) is 36.9 Å². The summed E-state index contributed by atoms with van der Waals surface area (Å²) in [6, 6.07) is 6.27. The number of sulfone groups is 1. The molecule has 1 atom stereocenters. The fourth-order valence-corrected chi connectivity index (χ4v) is 2.77. The lowest BCUT2D eigenvalue weighted by atomic mass is 10.0. The van der Waals surface area contributed by atoms with Crippen LogP contribution in [0.2, 0.25) is 0 Å². The van der Waals surface area contributed by atoms with Gasteiger partial charge in [-0.1, -0.05) is 19.1 Å².